The highest BCUT2D eigenvalue weighted by Gasteiger charge is 2.14. The number of ether oxygens (including phenoxy) is 1. The molecule has 0 amide bonds. The van der Waals surface area contributed by atoms with Crippen LogP contribution in [0.3, 0.4) is 0 Å². The zero-order valence-electron chi connectivity index (χ0n) is 11.3. The van der Waals surface area contributed by atoms with Crippen molar-refractivity contribution in [3.05, 3.63) is 42.5 Å². The number of hydrogen-bond donors (Lipinski definition) is 0. The Bertz CT molecular complexity index is 401. The highest BCUT2D eigenvalue weighted by molar-refractivity contribution is 5.57. The van der Waals surface area contributed by atoms with E-state index >= 15 is 0 Å². The van der Waals surface area contributed by atoms with Crippen molar-refractivity contribution in [2.45, 2.75) is 18.9 Å². The van der Waals surface area contributed by atoms with Crippen molar-refractivity contribution in [3.63, 3.8) is 0 Å². The van der Waals surface area contributed by atoms with Crippen LogP contribution in [0.1, 0.15) is 18.4 Å². The molecule has 0 saturated heterocycles. The van der Waals surface area contributed by atoms with E-state index in [1.54, 1.807) is 0 Å². The highest BCUT2D eigenvalue weighted by Crippen LogP contribution is 2.27. The molecule has 0 radical (unpaired) electrons. The first-order valence-electron chi connectivity index (χ1n) is 6.06. The van der Waals surface area contributed by atoms with Gasteiger partial charge in [0.25, 0.3) is 0 Å². The monoisotopic (exact) mass is 247 g/mol. The van der Waals surface area contributed by atoms with Crippen LogP contribution in [-0.4, -0.2) is 37.9 Å². The Balaban J connectivity index is 2.88. The Morgan fingerprint density at radius 2 is 2.06 bits per heavy atom. The van der Waals surface area contributed by atoms with E-state index in [1.807, 2.05) is 49.3 Å². The number of benzene rings is 1. The molecule has 0 aliphatic rings. The molecule has 1 rings (SSSR count). The Kier molecular flexibility index (Phi) is 5.59. The summed E-state index contributed by atoms with van der Waals surface area (Å²) in [4.78, 5) is 13.0. The molecule has 3 nitrogen and oxygen atoms in total. The summed E-state index contributed by atoms with van der Waals surface area (Å²) in [6, 6.07) is 7.76. The van der Waals surface area contributed by atoms with Gasteiger partial charge in [0.1, 0.15) is 5.75 Å². The maximum absolute atomic E-state index is 11.0. The molecule has 98 valence electrons. The first-order valence-corrected chi connectivity index (χ1v) is 6.06. The summed E-state index contributed by atoms with van der Waals surface area (Å²) in [7, 11) is 3.83. The van der Waals surface area contributed by atoms with Crippen LogP contribution in [-0.2, 0) is 4.79 Å². The lowest BCUT2D eigenvalue weighted by Crippen LogP contribution is -2.32. The van der Waals surface area contributed by atoms with Gasteiger partial charge in [-0.3, -0.25) is 4.79 Å². The number of carbonyl (C=O) groups is 1. The average molecular weight is 247 g/mol. The fraction of sp³-hybridized carbons (Fsp3) is 0.400. The standard InChI is InChI=1S/C15H21NO2/c1-5-12(2)14-8-6-7-9-15(14)18-13(11-17)10-16(3)4/h5-9,11-13H,1,10H2,2-4H3. The third-order valence-electron chi connectivity index (χ3n) is 2.74. The topological polar surface area (TPSA) is 29.5 Å². The minimum atomic E-state index is -0.446. The van der Waals surface area contributed by atoms with Crippen LogP contribution < -0.4 is 4.74 Å². The van der Waals surface area contributed by atoms with Crippen LogP contribution in [0.25, 0.3) is 0 Å². The molecular weight excluding hydrogens is 226 g/mol. The summed E-state index contributed by atoms with van der Waals surface area (Å²) < 4.78 is 5.77. The first kappa shape index (κ1) is 14.5. The van der Waals surface area contributed by atoms with Gasteiger partial charge >= 0.3 is 0 Å². The van der Waals surface area contributed by atoms with E-state index in [2.05, 4.69) is 13.5 Å². The summed E-state index contributed by atoms with van der Waals surface area (Å²) in [6.07, 6.45) is 2.26. The number of aldehydes is 1. The van der Waals surface area contributed by atoms with Crippen molar-refractivity contribution in [1.82, 2.24) is 4.90 Å². The molecule has 2 atom stereocenters. The summed E-state index contributed by atoms with van der Waals surface area (Å²) in [5.41, 5.74) is 1.05. The van der Waals surface area contributed by atoms with Crippen LogP contribution in [0.4, 0.5) is 0 Å². The normalized spacial score (nSPS) is 14.0. The van der Waals surface area contributed by atoms with Crippen molar-refractivity contribution in [3.8, 4) is 5.75 Å². The molecule has 0 heterocycles. The molecule has 1 aromatic rings. The van der Waals surface area contributed by atoms with Gasteiger partial charge in [-0.2, -0.15) is 0 Å². The summed E-state index contributed by atoms with van der Waals surface area (Å²) in [5, 5.41) is 0. The molecule has 0 spiro atoms. The van der Waals surface area contributed by atoms with Crippen LogP contribution in [0, 0.1) is 0 Å². The minimum Gasteiger partial charge on any atom is -0.481 e. The van der Waals surface area contributed by atoms with E-state index in [4.69, 9.17) is 4.74 Å². The van der Waals surface area contributed by atoms with Gasteiger partial charge in [-0.05, 0) is 20.2 Å². The van der Waals surface area contributed by atoms with Crippen LogP contribution in [0.2, 0.25) is 0 Å². The van der Waals surface area contributed by atoms with Crippen LogP contribution >= 0.6 is 0 Å². The van der Waals surface area contributed by atoms with Crippen molar-refractivity contribution >= 4 is 6.29 Å². The maximum Gasteiger partial charge on any atom is 0.166 e. The van der Waals surface area contributed by atoms with E-state index in [0.717, 1.165) is 17.6 Å². The Morgan fingerprint density at radius 1 is 1.39 bits per heavy atom. The maximum atomic E-state index is 11.0. The lowest BCUT2D eigenvalue weighted by atomic mass is 10.0. The van der Waals surface area contributed by atoms with E-state index in [9.17, 15) is 4.79 Å². The lowest BCUT2D eigenvalue weighted by molar-refractivity contribution is -0.114. The number of nitrogens with zero attached hydrogens (tertiary/aromatic N) is 1. The van der Waals surface area contributed by atoms with Gasteiger partial charge in [-0.25, -0.2) is 0 Å². The van der Waals surface area contributed by atoms with Gasteiger partial charge < -0.3 is 9.64 Å². The Hall–Kier alpha value is -1.61. The molecule has 0 bridgehead atoms. The largest absolute Gasteiger partial charge is 0.481 e. The van der Waals surface area contributed by atoms with E-state index in [0.29, 0.717) is 6.54 Å². The second kappa shape index (κ2) is 6.97. The van der Waals surface area contributed by atoms with Crippen molar-refractivity contribution in [2.75, 3.05) is 20.6 Å². The Morgan fingerprint density at radius 3 is 2.61 bits per heavy atom. The van der Waals surface area contributed by atoms with E-state index < -0.39 is 6.10 Å². The van der Waals surface area contributed by atoms with Crippen LogP contribution in [0.5, 0.6) is 5.75 Å². The number of para-hydroxylation sites is 1. The fourth-order valence-electron chi connectivity index (χ4n) is 1.72. The number of likely N-dealkylation sites (N-methyl/N-ethyl adjacent to an activating group) is 1. The van der Waals surface area contributed by atoms with Crippen LogP contribution in [0.15, 0.2) is 36.9 Å². The zero-order chi connectivity index (χ0) is 13.5. The minimum absolute atomic E-state index is 0.202. The van der Waals surface area contributed by atoms with Crippen molar-refractivity contribution < 1.29 is 9.53 Å². The summed E-state index contributed by atoms with van der Waals surface area (Å²) in [5.74, 6) is 0.955. The summed E-state index contributed by atoms with van der Waals surface area (Å²) in [6.45, 7) is 6.41. The lowest BCUT2D eigenvalue weighted by Gasteiger charge is -2.20. The molecular formula is C15H21NO2. The molecule has 0 saturated carbocycles. The zero-order valence-corrected chi connectivity index (χ0v) is 11.3. The molecule has 1 aromatic carbocycles. The van der Waals surface area contributed by atoms with Crippen molar-refractivity contribution in [2.24, 2.45) is 0 Å². The smallest absolute Gasteiger partial charge is 0.166 e. The summed E-state index contributed by atoms with van der Waals surface area (Å²) >= 11 is 0. The van der Waals surface area contributed by atoms with Gasteiger partial charge in [0.2, 0.25) is 0 Å². The van der Waals surface area contributed by atoms with Crippen molar-refractivity contribution in [1.29, 1.82) is 0 Å². The van der Waals surface area contributed by atoms with Gasteiger partial charge in [0, 0.05) is 18.0 Å². The SMILES string of the molecule is C=CC(C)c1ccccc1OC(C=O)CN(C)C. The number of rotatable bonds is 7. The molecule has 18 heavy (non-hydrogen) atoms. The van der Waals surface area contributed by atoms with Gasteiger partial charge in [-0.15, -0.1) is 6.58 Å². The van der Waals surface area contributed by atoms with Gasteiger partial charge in [0.05, 0.1) is 0 Å². The van der Waals surface area contributed by atoms with E-state index in [1.165, 1.54) is 0 Å². The number of carbonyl (C=O) groups excluding carboxylic acids is 1. The molecule has 0 aliphatic carbocycles. The molecule has 0 fully saturated rings. The predicted octanol–water partition coefficient (Wildman–Crippen LogP) is 2.48. The quantitative estimate of drug-likeness (QED) is 0.547. The third-order valence-corrected chi connectivity index (χ3v) is 2.74. The second-order valence-electron chi connectivity index (χ2n) is 4.62. The Labute approximate surface area is 109 Å². The molecule has 0 aromatic heterocycles. The van der Waals surface area contributed by atoms with E-state index in [-0.39, 0.29) is 5.92 Å². The first-order chi connectivity index (χ1) is 8.58. The average Bonchev–Trinajstić information content (AvgIpc) is 2.37. The third kappa shape index (κ3) is 4.00. The number of allylic oxidation sites excluding steroid dienone is 1. The molecule has 0 N–H and O–H groups in total. The molecule has 3 heteroatoms. The second-order valence-corrected chi connectivity index (χ2v) is 4.62. The fourth-order valence-corrected chi connectivity index (χ4v) is 1.72. The highest BCUT2D eigenvalue weighted by atomic mass is 16.5. The number of hydrogen-bond acceptors (Lipinski definition) is 3. The van der Waals surface area contributed by atoms with Gasteiger partial charge in [-0.1, -0.05) is 31.2 Å². The molecule has 2 unspecified atom stereocenters. The molecule has 0 aliphatic heterocycles. The van der Waals surface area contributed by atoms with Gasteiger partial charge in [0.15, 0.2) is 12.4 Å². The predicted molar refractivity (Wildman–Crippen MR) is 74.1 cm³/mol.